The average molecular weight is 453 g/mol. The highest BCUT2D eigenvalue weighted by atomic mass is 79.9. The van der Waals surface area contributed by atoms with Crippen LogP contribution in [-0.2, 0) is 9.59 Å². The van der Waals surface area contributed by atoms with Crippen LogP contribution in [0.15, 0.2) is 45.1 Å². The molecule has 1 fully saturated rings. The third kappa shape index (κ3) is 4.35. The van der Waals surface area contributed by atoms with Crippen molar-refractivity contribution in [2.45, 2.75) is 0 Å². The third-order valence-corrected chi connectivity index (χ3v) is 5.89. The van der Waals surface area contributed by atoms with E-state index in [9.17, 15) is 14.4 Å². The number of hydrogen-bond donors (Lipinski definition) is 1. The van der Waals surface area contributed by atoms with Crippen LogP contribution in [0.1, 0.15) is 4.88 Å². The minimum Gasteiger partial charge on any atom is -0.497 e. The molecule has 2 aromatic rings. The molecule has 0 saturated carbocycles. The van der Waals surface area contributed by atoms with Crippen molar-refractivity contribution in [2.75, 3.05) is 19.0 Å². The first-order valence-electron chi connectivity index (χ1n) is 7.41. The Kier molecular flexibility index (Phi) is 5.80. The molecule has 0 aliphatic carbocycles. The number of amides is 3. The number of thiophene rings is 1. The summed E-state index contributed by atoms with van der Waals surface area (Å²) in [7, 11) is 1.55. The first kappa shape index (κ1) is 18.7. The smallest absolute Gasteiger partial charge is 0.294 e. The van der Waals surface area contributed by atoms with E-state index >= 15 is 0 Å². The number of carbonyl (C=O) groups excluding carboxylic acids is 3. The summed E-state index contributed by atoms with van der Waals surface area (Å²) in [6, 6.07) is 10.5. The van der Waals surface area contributed by atoms with E-state index < -0.39 is 17.1 Å². The lowest BCUT2D eigenvalue weighted by Gasteiger charge is -2.12. The largest absolute Gasteiger partial charge is 0.497 e. The van der Waals surface area contributed by atoms with Gasteiger partial charge in [0.05, 0.1) is 15.8 Å². The fourth-order valence-corrected chi connectivity index (χ4v) is 4.46. The highest BCUT2D eigenvalue weighted by Crippen LogP contribution is 2.34. The predicted molar refractivity (Wildman–Crippen MR) is 106 cm³/mol. The quantitative estimate of drug-likeness (QED) is 0.688. The van der Waals surface area contributed by atoms with Crippen molar-refractivity contribution in [1.29, 1.82) is 0 Å². The molecule has 26 heavy (non-hydrogen) atoms. The molecule has 134 valence electrons. The van der Waals surface area contributed by atoms with Crippen LogP contribution in [0.5, 0.6) is 5.75 Å². The van der Waals surface area contributed by atoms with E-state index in [0.717, 1.165) is 25.3 Å². The Labute approximate surface area is 166 Å². The van der Waals surface area contributed by atoms with E-state index in [1.54, 1.807) is 37.5 Å². The number of thioether (sulfide) groups is 1. The SMILES string of the molecule is COc1ccc(NC(=O)CN2C(=O)S/C(=C/c3ccc(Br)s3)C2=O)cc1. The third-order valence-electron chi connectivity index (χ3n) is 3.42. The van der Waals surface area contributed by atoms with Crippen LogP contribution in [0.3, 0.4) is 0 Å². The van der Waals surface area contributed by atoms with Gasteiger partial charge in [0.25, 0.3) is 11.1 Å². The summed E-state index contributed by atoms with van der Waals surface area (Å²) in [6.07, 6.45) is 1.65. The summed E-state index contributed by atoms with van der Waals surface area (Å²) >= 11 is 5.64. The number of benzene rings is 1. The number of methoxy groups -OCH3 is 1. The van der Waals surface area contributed by atoms with Gasteiger partial charge in [-0.2, -0.15) is 0 Å². The molecule has 0 radical (unpaired) electrons. The van der Waals surface area contributed by atoms with Crippen molar-refractivity contribution in [3.05, 3.63) is 50.0 Å². The van der Waals surface area contributed by atoms with Gasteiger partial charge in [0.2, 0.25) is 5.91 Å². The van der Waals surface area contributed by atoms with Crippen molar-refractivity contribution in [2.24, 2.45) is 0 Å². The number of halogens is 1. The minimum absolute atomic E-state index is 0.307. The topological polar surface area (TPSA) is 75.7 Å². The van der Waals surface area contributed by atoms with E-state index in [1.807, 2.05) is 12.1 Å². The lowest BCUT2D eigenvalue weighted by molar-refractivity contribution is -0.127. The van der Waals surface area contributed by atoms with Gasteiger partial charge in [-0.05, 0) is 70.2 Å². The first-order valence-corrected chi connectivity index (χ1v) is 9.83. The van der Waals surface area contributed by atoms with Gasteiger partial charge in [-0.1, -0.05) is 0 Å². The maximum Gasteiger partial charge on any atom is 0.294 e. The summed E-state index contributed by atoms with van der Waals surface area (Å²) < 4.78 is 5.98. The summed E-state index contributed by atoms with van der Waals surface area (Å²) in [4.78, 5) is 38.8. The van der Waals surface area contributed by atoms with Crippen molar-refractivity contribution >= 4 is 67.8 Å². The molecule has 1 aromatic carbocycles. The van der Waals surface area contributed by atoms with Gasteiger partial charge in [0, 0.05) is 10.6 Å². The second kappa shape index (κ2) is 8.07. The highest BCUT2D eigenvalue weighted by Gasteiger charge is 2.36. The van der Waals surface area contributed by atoms with Crippen molar-refractivity contribution in [3.8, 4) is 5.75 Å². The molecule has 0 atom stereocenters. The number of rotatable bonds is 5. The molecular formula is C17H13BrN2O4S2. The van der Waals surface area contributed by atoms with Gasteiger partial charge in [-0.25, -0.2) is 0 Å². The van der Waals surface area contributed by atoms with Crippen LogP contribution in [0.4, 0.5) is 10.5 Å². The molecule has 0 unspecified atom stereocenters. The zero-order valence-electron chi connectivity index (χ0n) is 13.5. The maximum atomic E-state index is 12.4. The van der Waals surface area contributed by atoms with Gasteiger partial charge in [-0.15, -0.1) is 11.3 Å². The predicted octanol–water partition coefficient (Wildman–Crippen LogP) is 4.19. The molecule has 3 rings (SSSR count). The number of nitrogens with zero attached hydrogens (tertiary/aromatic N) is 1. The molecule has 9 heteroatoms. The van der Waals surface area contributed by atoms with Crippen molar-refractivity contribution in [1.82, 2.24) is 4.90 Å². The van der Waals surface area contributed by atoms with Gasteiger partial charge in [0.15, 0.2) is 0 Å². The van der Waals surface area contributed by atoms with Crippen molar-refractivity contribution in [3.63, 3.8) is 0 Å². The van der Waals surface area contributed by atoms with Crippen LogP contribution in [-0.4, -0.2) is 35.6 Å². The Hall–Kier alpha value is -2.10. The number of nitrogens with one attached hydrogen (secondary N) is 1. The average Bonchev–Trinajstić information content (AvgIpc) is 3.14. The second-order valence-corrected chi connectivity index (χ2v) is 8.67. The molecule has 0 spiro atoms. The van der Waals surface area contributed by atoms with E-state index in [4.69, 9.17) is 4.74 Å². The molecule has 1 aromatic heterocycles. The Morgan fingerprint density at radius 1 is 1.23 bits per heavy atom. The second-order valence-electron chi connectivity index (χ2n) is 5.19. The lowest BCUT2D eigenvalue weighted by atomic mass is 10.3. The van der Waals surface area contributed by atoms with E-state index in [0.29, 0.717) is 16.3 Å². The number of anilines is 1. The fraction of sp³-hybridized carbons (Fsp3) is 0.118. The molecule has 6 nitrogen and oxygen atoms in total. The van der Waals surface area contributed by atoms with Crippen LogP contribution in [0.25, 0.3) is 6.08 Å². The summed E-state index contributed by atoms with van der Waals surface area (Å²) in [6.45, 7) is -0.331. The zero-order valence-corrected chi connectivity index (χ0v) is 16.7. The lowest BCUT2D eigenvalue weighted by Crippen LogP contribution is -2.36. The van der Waals surface area contributed by atoms with Crippen LogP contribution < -0.4 is 10.1 Å². The van der Waals surface area contributed by atoms with Crippen LogP contribution >= 0.6 is 39.0 Å². The first-order chi connectivity index (χ1) is 12.5. The molecule has 3 amide bonds. The highest BCUT2D eigenvalue weighted by molar-refractivity contribution is 9.11. The number of hydrogen-bond acceptors (Lipinski definition) is 6. The maximum absolute atomic E-state index is 12.4. The normalized spacial score (nSPS) is 15.6. The van der Waals surface area contributed by atoms with Crippen LogP contribution in [0, 0.1) is 0 Å². The van der Waals surface area contributed by atoms with E-state index in [-0.39, 0.29) is 6.54 Å². The fourth-order valence-electron chi connectivity index (χ4n) is 2.19. The number of imide groups is 1. The number of carbonyl (C=O) groups is 3. The van der Waals surface area contributed by atoms with Gasteiger partial charge in [0.1, 0.15) is 12.3 Å². The van der Waals surface area contributed by atoms with Crippen molar-refractivity contribution < 1.29 is 19.1 Å². The molecular weight excluding hydrogens is 440 g/mol. The summed E-state index contributed by atoms with van der Waals surface area (Å²) in [5.41, 5.74) is 0.557. The number of ether oxygens (including phenoxy) is 1. The molecule has 2 heterocycles. The standard InChI is InChI=1S/C17H13BrN2O4S2/c1-24-11-4-2-10(3-5-11)19-15(21)9-20-16(22)13(26-17(20)23)8-12-6-7-14(18)25-12/h2-8H,9H2,1H3,(H,19,21)/b13-8+. The Morgan fingerprint density at radius 3 is 2.58 bits per heavy atom. The van der Waals surface area contributed by atoms with Gasteiger partial charge in [-0.3, -0.25) is 19.3 Å². The monoisotopic (exact) mass is 452 g/mol. The molecule has 1 saturated heterocycles. The summed E-state index contributed by atoms with van der Waals surface area (Å²) in [5.74, 6) is -0.244. The Bertz CT molecular complexity index is 892. The van der Waals surface area contributed by atoms with E-state index in [2.05, 4.69) is 21.2 Å². The Morgan fingerprint density at radius 2 is 1.96 bits per heavy atom. The summed E-state index contributed by atoms with van der Waals surface area (Å²) in [5, 5.41) is 2.20. The molecule has 1 N–H and O–H groups in total. The van der Waals surface area contributed by atoms with E-state index in [1.165, 1.54) is 11.3 Å². The molecule has 1 aliphatic rings. The minimum atomic E-state index is -0.464. The Balaban J connectivity index is 1.65. The van der Waals surface area contributed by atoms with Crippen LogP contribution in [0.2, 0.25) is 0 Å². The zero-order chi connectivity index (χ0) is 18.7. The molecule has 1 aliphatic heterocycles. The van der Waals surface area contributed by atoms with Gasteiger partial charge < -0.3 is 10.1 Å². The molecule has 0 bridgehead atoms. The van der Waals surface area contributed by atoms with Gasteiger partial charge >= 0.3 is 0 Å².